The van der Waals surface area contributed by atoms with E-state index in [2.05, 4.69) is 0 Å². The largest absolute Gasteiger partial charge is 0.494 e. The first-order chi connectivity index (χ1) is 9.99. The maximum Gasteiger partial charge on any atom is 0.325 e. The highest BCUT2D eigenvalue weighted by Crippen LogP contribution is 2.25. The molecule has 6 heteroatoms. The molecule has 0 aromatic heterocycles. The third-order valence-electron chi connectivity index (χ3n) is 3.10. The maximum atomic E-state index is 11.6. The first kappa shape index (κ1) is 17.0. The minimum absolute atomic E-state index is 0.0945. The predicted molar refractivity (Wildman–Crippen MR) is 77.5 cm³/mol. The molecule has 1 aromatic rings. The summed E-state index contributed by atoms with van der Waals surface area (Å²) in [4.78, 5) is 23.9. The predicted octanol–water partition coefficient (Wildman–Crippen LogP) is 2.01. The molecule has 0 radical (unpaired) electrons. The van der Waals surface area contributed by atoms with Crippen LogP contribution in [0.25, 0.3) is 0 Å². The van der Waals surface area contributed by atoms with Gasteiger partial charge in [-0.05, 0) is 31.2 Å². The first-order valence-electron chi connectivity index (χ1n) is 6.91. The molecule has 2 N–H and O–H groups in total. The van der Waals surface area contributed by atoms with E-state index in [0.29, 0.717) is 24.5 Å². The van der Waals surface area contributed by atoms with E-state index in [1.54, 1.807) is 29.2 Å². The Hall–Kier alpha value is -2.08. The number of hydrogen-bond acceptors (Lipinski definition) is 4. The topological polar surface area (TPSA) is 87.1 Å². The Labute approximate surface area is 124 Å². The summed E-state index contributed by atoms with van der Waals surface area (Å²) in [6.07, 6.45) is -0.0945. The Balaban J connectivity index is 3.01. The number of carbonyl (C=O) groups is 2. The Kier molecular flexibility index (Phi) is 6.68. The van der Waals surface area contributed by atoms with Crippen molar-refractivity contribution >= 4 is 11.9 Å². The SMILES string of the molecule is CCOc1cccc(C(C(=O)O)N(CC)CCC(=O)O)c1. The highest BCUT2D eigenvalue weighted by molar-refractivity contribution is 5.76. The number of rotatable bonds is 9. The van der Waals surface area contributed by atoms with E-state index in [9.17, 15) is 14.7 Å². The molecule has 116 valence electrons. The zero-order valence-corrected chi connectivity index (χ0v) is 12.3. The quantitative estimate of drug-likeness (QED) is 0.724. The minimum atomic E-state index is -1.00. The van der Waals surface area contributed by atoms with E-state index in [4.69, 9.17) is 9.84 Å². The van der Waals surface area contributed by atoms with Gasteiger partial charge in [0.15, 0.2) is 0 Å². The lowest BCUT2D eigenvalue weighted by Crippen LogP contribution is -2.35. The van der Waals surface area contributed by atoms with Crippen LogP contribution >= 0.6 is 0 Å². The molecule has 1 rings (SSSR count). The van der Waals surface area contributed by atoms with Crippen molar-refractivity contribution in [3.63, 3.8) is 0 Å². The third-order valence-corrected chi connectivity index (χ3v) is 3.10. The van der Waals surface area contributed by atoms with Crippen LogP contribution in [0.5, 0.6) is 5.75 Å². The summed E-state index contributed by atoms with van der Waals surface area (Å²) >= 11 is 0. The number of ether oxygens (including phenoxy) is 1. The van der Waals surface area contributed by atoms with Crippen LogP contribution in [0.4, 0.5) is 0 Å². The molecule has 0 aliphatic rings. The summed E-state index contributed by atoms with van der Waals surface area (Å²) in [5.74, 6) is -1.34. The van der Waals surface area contributed by atoms with Crippen LogP contribution in [-0.2, 0) is 9.59 Å². The van der Waals surface area contributed by atoms with Crippen molar-refractivity contribution in [1.82, 2.24) is 4.90 Å². The lowest BCUT2D eigenvalue weighted by molar-refractivity contribution is -0.145. The fourth-order valence-corrected chi connectivity index (χ4v) is 2.16. The molecule has 0 saturated heterocycles. The van der Waals surface area contributed by atoms with Crippen molar-refractivity contribution in [3.8, 4) is 5.75 Å². The van der Waals surface area contributed by atoms with E-state index < -0.39 is 18.0 Å². The number of nitrogens with zero attached hydrogens (tertiary/aromatic N) is 1. The van der Waals surface area contributed by atoms with Crippen molar-refractivity contribution in [2.75, 3.05) is 19.7 Å². The fraction of sp³-hybridized carbons (Fsp3) is 0.467. The van der Waals surface area contributed by atoms with Gasteiger partial charge in [-0.3, -0.25) is 14.5 Å². The van der Waals surface area contributed by atoms with Gasteiger partial charge in [-0.25, -0.2) is 0 Å². The van der Waals surface area contributed by atoms with Crippen LogP contribution in [0.1, 0.15) is 31.9 Å². The van der Waals surface area contributed by atoms with E-state index in [1.165, 1.54) is 0 Å². The average Bonchev–Trinajstić information content (AvgIpc) is 2.43. The number of carboxylic acid groups (broad SMARTS) is 2. The van der Waals surface area contributed by atoms with Crippen LogP contribution in [0, 0.1) is 0 Å². The van der Waals surface area contributed by atoms with Gasteiger partial charge in [-0.2, -0.15) is 0 Å². The molecule has 0 saturated carbocycles. The van der Waals surface area contributed by atoms with Gasteiger partial charge in [-0.15, -0.1) is 0 Å². The number of hydrogen-bond donors (Lipinski definition) is 2. The third kappa shape index (κ3) is 5.07. The molecule has 0 heterocycles. The molecule has 1 aromatic carbocycles. The average molecular weight is 295 g/mol. The highest BCUT2D eigenvalue weighted by atomic mass is 16.5. The molecular weight excluding hydrogens is 274 g/mol. The standard InChI is InChI=1S/C15H21NO5/c1-3-16(9-8-13(17)18)14(15(19)20)11-6-5-7-12(10-11)21-4-2/h5-7,10,14H,3-4,8-9H2,1-2H3,(H,17,18)(H,19,20). The van der Waals surface area contributed by atoms with Gasteiger partial charge >= 0.3 is 11.9 Å². The number of benzene rings is 1. The van der Waals surface area contributed by atoms with Crippen LogP contribution < -0.4 is 4.74 Å². The second-order valence-corrected chi connectivity index (χ2v) is 4.52. The Bertz CT molecular complexity index is 489. The molecule has 0 aliphatic carbocycles. The van der Waals surface area contributed by atoms with E-state index in [0.717, 1.165) is 0 Å². The lowest BCUT2D eigenvalue weighted by atomic mass is 10.0. The van der Waals surface area contributed by atoms with E-state index in [1.807, 2.05) is 13.8 Å². The zero-order chi connectivity index (χ0) is 15.8. The molecule has 21 heavy (non-hydrogen) atoms. The summed E-state index contributed by atoms with van der Waals surface area (Å²) in [5, 5.41) is 18.3. The van der Waals surface area contributed by atoms with Crippen LogP contribution in [0.2, 0.25) is 0 Å². The van der Waals surface area contributed by atoms with Gasteiger partial charge in [0.1, 0.15) is 11.8 Å². The monoisotopic (exact) mass is 295 g/mol. The van der Waals surface area contributed by atoms with Gasteiger partial charge < -0.3 is 14.9 Å². The van der Waals surface area contributed by atoms with Crippen molar-refractivity contribution in [2.24, 2.45) is 0 Å². The molecular formula is C15H21NO5. The molecule has 0 aliphatic heterocycles. The highest BCUT2D eigenvalue weighted by Gasteiger charge is 2.27. The number of likely N-dealkylation sites (N-methyl/N-ethyl adjacent to an activating group) is 1. The first-order valence-corrected chi connectivity index (χ1v) is 6.91. The number of aliphatic carboxylic acids is 2. The smallest absolute Gasteiger partial charge is 0.325 e. The Morgan fingerprint density at radius 2 is 2.00 bits per heavy atom. The summed E-state index contributed by atoms with van der Waals surface area (Å²) < 4.78 is 5.38. The molecule has 0 amide bonds. The number of carboxylic acids is 2. The van der Waals surface area contributed by atoms with Crippen molar-refractivity contribution in [1.29, 1.82) is 0 Å². The zero-order valence-electron chi connectivity index (χ0n) is 12.3. The van der Waals surface area contributed by atoms with E-state index >= 15 is 0 Å². The van der Waals surface area contributed by atoms with Gasteiger partial charge in [0, 0.05) is 6.54 Å². The molecule has 0 bridgehead atoms. The second-order valence-electron chi connectivity index (χ2n) is 4.52. The van der Waals surface area contributed by atoms with Crippen LogP contribution in [-0.4, -0.2) is 46.7 Å². The molecule has 0 fully saturated rings. The van der Waals surface area contributed by atoms with Crippen LogP contribution in [0.15, 0.2) is 24.3 Å². The summed E-state index contributed by atoms with van der Waals surface area (Å²) in [5.41, 5.74) is 0.584. The van der Waals surface area contributed by atoms with Gasteiger partial charge in [-0.1, -0.05) is 19.1 Å². The van der Waals surface area contributed by atoms with Crippen molar-refractivity contribution in [2.45, 2.75) is 26.3 Å². The summed E-state index contributed by atoms with van der Waals surface area (Å²) in [6.45, 7) is 4.79. The summed E-state index contributed by atoms with van der Waals surface area (Å²) in [6, 6.07) is 6.02. The molecule has 1 unspecified atom stereocenters. The Morgan fingerprint density at radius 3 is 2.52 bits per heavy atom. The van der Waals surface area contributed by atoms with Gasteiger partial charge in [0.25, 0.3) is 0 Å². The molecule has 6 nitrogen and oxygen atoms in total. The fourth-order valence-electron chi connectivity index (χ4n) is 2.16. The minimum Gasteiger partial charge on any atom is -0.494 e. The van der Waals surface area contributed by atoms with Gasteiger partial charge in [0.2, 0.25) is 0 Å². The lowest BCUT2D eigenvalue weighted by Gasteiger charge is -2.27. The Morgan fingerprint density at radius 1 is 1.29 bits per heavy atom. The maximum absolute atomic E-state index is 11.6. The second kappa shape index (κ2) is 8.26. The summed E-state index contributed by atoms with van der Waals surface area (Å²) in [7, 11) is 0. The van der Waals surface area contributed by atoms with Gasteiger partial charge in [0.05, 0.1) is 13.0 Å². The van der Waals surface area contributed by atoms with Crippen LogP contribution in [0.3, 0.4) is 0 Å². The van der Waals surface area contributed by atoms with Crippen molar-refractivity contribution < 1.29 is 24.5 Å². The molecule has 0 spiro atoms. The van der Waals surface area contributed by atoms with Crippen molar-refractivity contribution in [3.05, 3.63) is 29.8 Å². The van der Waals surface area contributed by atoms with E-state index in [-0.39, 0.29) is 13.0 Å². The normalized spacial score (nSPS) is 12.1. The molecule has 1 atom stereocenters.